The van der Waals surface area contributed by atoms with Crippen molar-refractivity contribution in [2.45, 2.75) is 51.9 Å². The Kier molecular flexibility index (Phi) is 10.9. The van der Waals surface area contributed by atoms with Crippen molar-refractivity contribution in [3.8, 4) is 23.3 Å². The molecule has 0 bridgehead atoms. The van der Waals surface area contributed by atoms with Crippen LogP contribution in [0.2, 0.25) is 0 Å². The van der Waals surface area contributed by atoms with Crippen LogP contribution in [0.4, 0.5) is 26.3 Å². The number of carbonyl (C=O) groups excluding carboxylic acids is 1. The second-order valence-corrected chi connectivity index (χ2v) is 8.72. The van der Waals surface area contributed by atoms with E-state index >= 15 is 0 Å². The molecule has 0 aliphatic heterocycles. The average molecular weight is 549 g/mol. The minimum Gasteiger partial charge on any atom is -0.487 e. The molecule has 0 N–H and O–H groups in total. The van der Waals surface area contributed by atoms with E-state index in [1.165, 1.54) is 24.3 Å². The van der Waals surface area contributed by atoms with Gasteiger partial charge in [-0.3, -0.25) is 0 Å². The van der Waals surface area contributed by atoms with E-state index in [1.54, 1.807) is 0 Å². The molecule has 0 aromatic heterocycles. The second-order valence-electron chi connectivity index (χ2n) is 8.72. The third-order valence-electron chi connectivity index (χ3n) is 5.77. The van der Waals surface area contributed by atoms with Crippen molar-refractivity contribution >= 4 is 5.97 Å². The maximum Gasteiger partial charge on any atom is 0.343 e. The molecule has 0 amide bonds. The number of unbranched alkanes of at least 4 members (excludes halogenated alkanes) is 6. The van der Waals surface area contributed by atoms with Crippen molar-refractivity contribution in [1.29, 1.82) is 0 Å². The van der Waals surface area contributed by atoms with Gasteiger partial charge in [0.1, 0.15) is 11.3 Å². The molecule has 0 fully saturated rings. The lowest BCUT2D eigenvalue weighted by atomic mass is 10.1. The summed E-state index contributed by atoms with van der Waals surface area (Å²) < 4.78 is 94.3. The van der Waals surface area contributed by atoms with Crippen molar-refractivity contribution in [1.82, 2.24) is 0 Å². The SMILES string of the molecule is CCCCCCCCCOc1c(F)c(F)c(C#Cc2ccc(OC(=O)c3ccc(F)c(F)c3)cc2)c(F)c1F. The van der Waals surface area contributed by atoms with Crippen LogP contribution in [0.15, 0.2) is 42.5 Å². The summed E-state index contributed by atoms with van der Waals surface area (Å²) in [7, 11) is 0. The Morgan fingerprint density at radius 2 is 1.33 bits per heavy atom. The second kappa shape index (κ2) is 14.3. The molecule has 0 radical (unpaired) electrons. The van der Waals surface area contributed by atoms with Crippen LogP contribution >= 0.6 is 0 Å². The molecule has 0 aliphatic carbocycles. The van der Waals surface area contributed by atoms with Crippen LogP contribution in [-0.4, -0.2) is 12.6 Å². The lowest BCUT2D eigenvalue weighted by Gasteiger charge is -2.11. The largest absolute Gasteiger partial charge is 0.487 e. The van der Waals surface area contributed by atoms with E-state index in [1.807, 2.05) is 0 Å². The topological polar surface area (TPSA) is 35.5 Å². The van der Waals surface area contributed by atoms with Gasteiger partial charge in [0, 0.05) is 5.56 Å². The van der Waals surface area contributed by atoms with E-state index in [2.05, 4.69) is 18.8 Å². The third kappa shape index (κ3) is 8.03. The van der Waals surface area contributed by atoms with Crippen LogP contribution in [-0.2, 0) is 0 Å². The number of esters is 1. The summed E-state index contributed by atoms with van der Waals surface area (Å²) in [5, 5.41) is 0. The Morgan fingerprint density at radius 3 is 1.95 bits per heavy atom. The lowest BCUT2D eigenvalue weighted by molar-refractivity contribution is 0.0734. The van der Waals surface area contributed by atoms with Gasteiger partial charge in [0.2, 0.25) is 11.6 Å². The zero-order chi connectivity index (χ0) is 28.4. The summed E-state index contributed by atoms with van der Waals surface area (Å²) in [6.07, 6.45) is 6.60. The molecule has 39 heavy (non-hydrogen) atoms. The molecule has 3 aromatic rings. The van der Waals surface area contributed by atoms with Gasteiger partial charge in [-0.1, -0.05) is 57.3 Å². The van der Waals surface area contributed by atoms with Crippen molar-refractivity contribution in [2.75, 3.05) is 6.61 Å². The molecule has 0 unspecified atom stereocenters. The quantitative estimate of drug-likeness (QED) is 0.0604. The number of rotatable bonds is 11. The smallest absolute Gasteiger partial charge is 0.343 e. The van der Waals surface area contributed by atoms with E-state index in [0.717, 1.165) is 50.7 Å². The number of hydrogen-bond donors (Lipinski definition) is 0. The van der Waals surface area contributed by atoms with Crippen LogP contribution in [0.25, 0.3) is 0 Å². The number of hydrogen-bond acceptors (Lipinski definition) is 3. The maximum atomic E-state index is 14.5. The molecule has 0 spiro atoms. The fourth-order valence-corrected chi connectivity index (χ4v) is 3.61. The van der Waals surface area contributed by atoms with Gasteiger partial charge in [-0.2, -0.15) is 8.78 Å². The fraction of sp³-hybridized carbons (Fsp3) is 0.300. The molecule has 3 rings (SSSR count). The summed E-state index contributed by atoms with van der Waals surface area (Å²) in [6, 6.07) is 7.74. The summed E-state index contributed by atoms with van der Waals surface area (Å²) in [5.74, 6) is -6.58. The fourth-order valence-electron chi connectivity index (χ4n) is 3.61. The van der Waals surface area contributed by atoms with E-state index < -0.39 is 52.2 Å². The Morgan fingerprint density at radius 1 is 0.718 bits per heavy atom. The number of benzene rings is 3. The average Bonchev–Trinajstić information content (AvgIpc) is 2.93. The highest BCUT2D eigenvalue weighted by atomic mass is 19.2. The molecule has 0 saturated heterocycles. The Labute approximate surface area is 222 Å². The summed E-state index contributed by atoms with van der Waals surface area (Å²) in [6.45, 7) is 2.02. The summed E-state index contributed by atoms with van der Waals surface area (Å²) in [4.78, 5) is 12.1. The lowest BCUT2D eigenvalue weighted by Crippen LogP contribution is -2.09. The number of ether oxygens (including phenoxy) is 2. The van der Waals surface area contributed by atoms with Gasteiger partial charge in [0.15, 0.2) is 29.0 Å². The van der Waals surface area contributed by atoms with Gasteiger partial charge in [0.05, 0.1) is 12.2 Å². The van der Waals surface area contributed by atoms with Gasteiger partial charge in [0.25, 0.3) is 0 Å². The first-order chi connectivity index (χ1) is 18.7. The molecular weight excluding hydrogens is 522 g/mol. The molecule has 0 aliphatic rings. The molecule has 3 aromatic carbocycles. The van der Waals surface area contributed by atoms with Crippen molar-refractivity contribution < 1.29 is 40.6 Å². The predicted molar refractivity (Wildman–Crippen MR) is 134 cm³/mol. The van der Waals surface area contributed by atoms with E-state index in [9.17, 15) is 31.1 Å². The first-order valence-corrected chi connectivity index (χ1v) is 12.5. The normalized spacial score (nSPS) is 10.6. The zero-order valence-corrected chi connectivity index (χ0v) is 21.2. The summed E-state index contributed by atoms with van der Waals surface area (Å²) in [5.41, 5.74) is -1.13. The van der Waals surface area contributed by atoms with Crippen LogP contribution in [0, 0.1) is 46.7 Å². The highest BCUT2D eigenvalue weighted by Crippen LogP contribution is 2.30. The molecule has 0 saturated carbocycles. The standard InChI is InChI=1S/C30H26F6O3/c1-2-3-4-5-6-7-8-17-38-29-27(35)25(33)22(26(34)28(29)36)15-11-19-9-13-21(14-10-19)39-30(37)20-12-16-23(31)24(32)18-20/h9-10,12-14,16,18H,2-8,17H2,1H3. The molecule has 0 atom stereocenters. The van der Waals surface area contributed by atoms with Gasteiger partial charge in [-0.15, -0.1) is 0 Å². The van der Waals surface area contributed by atoms with Crippen LogP contribution in [0.1, 0.15) is 73.4 Å². The van der Waals surface area contributed by atoms with Crippen LogP contribution in [0.5, 0.6) is 11.5 Å². The Hall–Kier alpha value is -3.93. The summed E-state index contributed by atoms with van der Waals surface area (Å²) >= 11 is 0. The van der Waals surface area contributed by atoms with Crippen molar-refractivity contribution in [2.24, 2.45) is 0 Å². The number of carbonyl (C=O) groups is 1. The van der Waals surface area contributed by atoms with Crippen molar-refractivity contribution in [3.05, 3.63) is 94.1 Å². The van der Waals surface area contributed by atoms with Crippen LogP contribution in [0.3, 0.4) is 0 Å². The minimum atomic E-state index is -1.67. The van der Waals surface area contributed by atoms with Gasteiger partial charge >= 0.3 is 5.97 Å². The van der Waals surface area contributed by atoms with Gasteiger partial charge < -0.3 is 9.47 Å². The highest BCUT2D eigenvalue weighted by molar-refractivity contribution is 5.91. The molecule has 3 nitrogen and oxygen atoms in total. The first kappa shape index (κ1) is 29.6. The van der Waals surface area contributed by atoms with E-state index in [0.29, 0.717) is 12.5 Å². The predicted octanol–water partition coefficient (Wildman–Crippen LogP) is 8.27. The van der Waals surface area contributed by atoms with Crippen molar-refractivity contribution in [3.63, 3.8) is 0 Å². The monoisotopic (exact) mass is 548 g/mol. The Bertz CT molecular complexity index is 1330. The Balaban J connectivity index is 1.64. The van der Waals surface area contributed by atoms with Gasteiger partial charge in [-0.25, -0.2) is 22.4 Å². The molecule has 206 valence electrons. The van der Waals surface area contributed by atoms with E-state index in [-0.39, 0.29) is 23.5 Å². The molecule has 0 heterocycles. The van der Waals surface area contributed by atoms with Crippen LogP contribution < -0.4 is 9.47 Å². The van der Waals surface area contributed by atoms with E-state index in [4.69, 9.17) is 9.47 Å². The number of halogens is 6. The zero-order valence-electron chi connectivity index (χ0n) is 21.2. The molecule has 9 heteroatoms. The minimum absolute atomic E-state index is 0.0206. The maximum absolute atomic E-state index is 14.5. The molecular formula is C30H26F6O3. The third-order valence-corrected chi connectivity index (χ3v) is 5.77. The highest BCUT2D eigenvalue weighted by Gasteiger charge is 2.26. The first-order valence-electron chi connectivity index (χ1n) is 12.5. The van der Waals surface area contributed by atoms with Gasteiger partial charge in [-0.05, 0) is 48.9 Å².